The number of ether oxygens (including phenoxy) is 1. The van der Waals surface area contributed by atoms with Crippen LogP contribution >= 0.6 is 0 Å². The van der Waals surface area contributed by atoms with Crippen molar-refractivity contribution in [2.24, 2.45) is 0 Å². The number of piperidine rings is 1. The lowest BCUT2D eigenvalue weighted by Crippen LogP contribution is -2.63. The monoisotopic (exact) mass is 514 g/mol. The summed E-state index contributed by atoms with van der Waals surface area (Å²) in [5, 5.41) is 37.3. The summed E-state index contributed by atoms with van der Waals surface area (Å²) in [6.07, 6.45) is -0.421. The van der Waals surface area contributed by atoms with Crippen LogP contribution in [0.4, 0.5) is 10.1 Å². The number of imide groups is 1. The number of carbonyl (C=O) groups is 3. The van der Waals surface area contributed by atoms with Crippen LogP contribution in [0, 0.1) is 5.82 Å². The summed E-state index contributed by atoms with van der Waals surface area (Å²) >= 11 is 0. The first-order chi connectivity index (χ1) is 17.6. The van der Waals surface area contributed by atoms with E-state index in [0.717, 1.165) is 4.90 Å². The van der Waals surface area contributed by atoms with Crippen LogP contribution in [-0.2, 0) is 33.3 Å². The molecule has 0 saturated carbocycles. The molecule has 0 spiro atoms. The molecule has 1 atom stereocenters. The molecule has 196 valence electrons. The maximum atomic E-state index is 15.4. The van der Waals surface area contributed by atoms with E-state index in [0.29, 0.717) is 26.3 Å². The van der Waals surface area contributed by atoms with Crippen molar-refractivity contribution in [3.05, 3.63) is 64.5 Å². The molecule has 0 radical (unpaired) electrons. The van der Waals surface area contributed by atoms with E-state index in [9.17, 15) is 29.7 Å². The van der Waals surface area contributed by atoms with Gasteiger partial charge in [-0.1, -0.05) is 18.2 Å². The summed E-state index contributed by atoms with van der Waals surface area (Å²) in [5.74, 6) is -5.84. The van der Waals surface area contributed by atoms with Gasteiger partial charge in [0.05, 0.1) is 25.3 Å². The van der Waals surface area contributed by atoms with Gasteiger partial charge in [0.15, 0.2) is 0 Å². The second-order valence-electron chi connectivity index (χ2n) is 9.38. The Morgan fingerprint density at radius 3 is 2.57 bits per heavy atom. The van der Waals surface area contributed by atoms with Crippen LogP contribution in [-0.4, -0.2) is 74.9 Å². The number of morpholine rings is 1. The second kappa shape index (κ2) is 9.47. The third kappa shape index (κ3) is 4.58. The third-order valence-electron chi connectivity index (χ3n) is 6.99. The van der Waals surface area contributed by atoms with E-state index in [-0.39, 0.29) is 48.3 Å². The molecule has 5 N–H and O–H groups in total. The average Bonchev–Trinajstić information content (AvgIpc) is 3.21. The molecule has 0 aromatic heterocycles. The topological polar surface area (TPSA) is 152 Å². The number of halogens is 1. The molecule has 2 saturated heterocycles. The summed E-state index contributed by atoms with van der Waals surface area (Å²) in [6.45, 7) is 2.36. The van der Waals surface area contributed by atoms with Gasteiger partial charge in [-0.2, -0.15) is 0 Å². The fourth-order valence-electron chi connectivity index (χ4n) is 4.92. The number of carbonyl (C=O) groups excluding carboxylic acids is 3. The number of nitrogens with zero attached hydrogens (tertiary/aromatic N) is 2. The molecular formula is C25H27FN4O7. The number of nitrogens with one attached hydrogen (secondary N) is 2. The van der Waals surface area contributed by atoms with Gasteiger partial charge >= 0.3 is 0 Å². The molecule has 2 aromatic rings. The van der Waals surface area contributed by atoms with Crippen molar-refractivity contribution in [1.82, 2.24) is 15.1 Å². The molecule has 3 aliphatic heterocycles. The van der Waals surface area contributed by atoms with Crippen LogP contribution in [0.5, 0.6) is 0 Å². The Morgan fingerprint density at radius 1 is 1.11 bits per heavy atom. The van der Waals surface area contributed by atoms with E-state index in [1.807, 2.05) is 10.2 Å². The lowest BCUT2D eigenvalue weighted by atomic mass is 10.00. The Labute approximate surface area is 211 Å². The van der Waals surface area contributed by atoms with E-state index < -0.39 is 40.7 Å². The van der Waals surface area contributed by atoms with Gasteiger partial charge < -0.3 is 25.4 Å². The smallest absolute Gasteiger partial charge is 0.279 e. The molecule has 3 aliphatic rings. The fraction of sp³-hybridized carbons (Fsp3) is 0.400. The van der Waals surface area contributed by atoms with Crippen molar-refractivity contribution in [2.75, 3.05) is 31.6 Å². The van der Waals surface area contributed by atoms with Crippen LogP contribution < -0.4 is 10.6 Å². The molecule has 2 fully saturated rings. The fourth-order valence-corrected chi connectivity index (χ4v) is 4.92. The first-order valence-corrected chi connectivity index (χ1v) is 11.9. The molecule has 5 rings (SSSR count). The van der Waals surface area contributed by atoms with Gasteiger partial charge in [-0.3, -0.25) is 29.5 Å². The third-order valence-corrected chi connectivity index (χ3v) is 6.99. The van der Waals surface area contributed by atoms with Crippen LogP contribution in [0.1, 0.15) is 39.9 Å². The SMILES string of the molecule is O=C1CCC(O)(N2Cc3c(NC(O)(O)c4cccc(CN5CCOCC5)c4F)cccc3C2=O)C(=O)N1. The minimum absolute atomic E-state index is 0.104. The van der Waals surface area contributed by atoms with Gasteiger partial charge in [0.2, 0.25) is 11.6 Å². The summed E-state index contributed by atoms with van der Waals surface area (Å²) in [4.78, 5) is 39.9. The minimum atomic E-state index is -2.85. The Hall–Kier alpha value is -3.42. The Balaban J connectivity index is 1.40. The van der Waals surface area contributed by atoms with Crippen molar-refractivity contribution in [3.8, 4) is 0 Å². The number of hydrogen-bond acceptors (Lipinski definition) is 9. The maximum Gasteiger partial charge on any atom is 0.279 e. The van der Waals surface area contributed by atoms with E-state index in [4.69, 9.17) is 4.74 Å². The molecule has 12 heteroatoms. The van der Waals surface area contributed by atoms with Gasteiger partial charge in [-0.05, 0) is 18.2 Å². The summed E-state index contributed by atoms with van der Waals surface area (Å²) in [7, 11) is 0. The molecule has 2 aromatic carbocycles. The number of aliphatic hydroxyl groups is 3. The standard InChI is InChI=1S/C25H27FN4O7/c26-21-15(13-29-9-11-37-12-10-29)3-1-5-18(21)25(35,36)28-19-6-2-4-16-17(19)14-30(22(16)32)24(34)8-7-20(31)27-23(24)33/h1-6,28,34-36H,7-14H2,(H,27,31,33). The minimum Gasteiger partial charge on any atom is -0.379 e. The van der Waals surface area contributed by atoms with Crippen LogP contribution in [0.2, 0.25) is 0 Å². The molecule has 0 aliphatic carbocycles. The normalized spacial score (nSPS) is 22.7. The highest BCUT2D eigenvalue weighted by Gasteiger charge is 2.51. The van der Waals surface area contributed by atoms with Gasteiger partial charge in [-0.25, -0.2) is 4.39 Å². The van der Waals surface area contributed by atoms with Gasteiger partial charge in [0.25, 0.3) is 17.7 Å². The first kappa shape index (κ1) is 25.2. The van der Waals surface area contributed by atoms with E-state index in [2.05, 4.69) is 5.32 Å². The zero-order valence-corrected chi connectivity index (χ0v) is 19.9. The molecule has 11 nitrogen and oxygen atoms in total. The molecule has 37 heavy (non-hydrogen) atoms. The van der Waals surface area contributed by atoms with E-state index in [1.165, 1.54) is 30.3 Å². The van der Waals surface area contributed by atoms with Gasteiger partial charge in [-0.15, -0.1) is 0 Å². The zero-order valence-electron chi connectivity index (χ0n) is 19.9. The Kier molecular flexibility index (Phi) is 6.46. The van der Waals surface area contributed by atoms with Crippen molar-refractivity contribution in [3.63, 3.8) is 0 Å². The number of fused-ring (bicyclic) bond motifs is 1. The van der Waals surface area contributed by atoms with Crippen LogP contribution in [0.25, 0.3) is 0 Å². The highest BCUT2D eigenvalue weighted by Crippen LogP contribution is 2.37. The number of hydrogen-bond donors (Lipinski definition) is 5. The van der Waals surface area contributed by atoms with Crippen molar-refractivity contribution < 1.29 is 38.8 Å². The molecule has 1 unspecified atom stereocenters. The Bertz CT molecular complexity index is 1260. The van der Waals surface area contributed by atoms with Crippen LogP contribution in [0.3, 0.4) is 0 Å². The van der Waals surface area contributed by atoms with E-state index in [1.54, 1.807) is 6.07 Å². The first-order valence-electron chi connectivity index (χ1n) is 11.9. The lowest BCUT2D eigenvalue weighted by molar-refractivity contribution is -0.168. The largest absolute Gasteiger partial charge is 0.379 e. The molecule has 3 heterocycles. The molecule has 3 amide bonds. The molecule has 0 bridgehead atoms. The highest BCUT2D eigenvalue weighted by molar-refractivity contribution is 6.07. The average molecular weight is 515 g/mol. The van der Waals surface area contributed by atoms with Crippen molar-refractivity contribution >= 4 is 23.4 Å². The Morgan fingerprint density at radius 2 is 1.84 bits per heavy atom. The predicted octanol–water partition coefficient (Wildman–Crippen LogP) is -0.0541. The van der Waals surface area contributed by atoms with Gasteiger partial charge in [0, 0.05) is 54.9 Å². The predicted molar refractivity (Wildman–Crippen MR) is 126 cm³/mol. The highest BCUT2D eigenvalue weighted by atomic mass is 19.1. The summed E-state index contributed by atoms with van der Waals surface area (Å²) in [5.41, 5.74) is -1.85. The molecular weight excluding hydrogens is 487 g/mol. The van der Waals surface area contributed by atoms with E-state index >= 15 is 4.39 Å². The second-order valence-corrected chi connectivity index (χ2v) is 9.38. The lowest BCUT2D eigenvalue weighted by Gasteiger charge is -2.37. The van der Waals surface area contributed by atoms with Crippen molar-refractivity contribution in [1.29, 1.82) is 0 Å². The van der Waals surface area contributed by atoms with Crippen LogP contribution in [0.15, 0.2) is 36.4 Å². The number of rotatable bonds is 6. The number of anilines is 1. The summed E-state index contributed by atoms with van der Waals surface area (Å²) in [6, 6.07) is 8.77. The number of amides is 3. The quantitative estimate of drug-likeness (QED) is 0.264. The summed E-state index contributed by atoms with van der Waals surface area (Å²) < 4.78 is 20.7. The number of benzene rings is 2. The zero-order chi connectivity index (χ0) is 26.4. The maximum absolute atomic E-state index is 15.4. The van der Waals surface area contributed by atoms with Crippen molar-refractivity contribution in [2.45, 2.75) is 37.6 Å². The van der Waals surface area contributed by atoms with Gasteiger partial charge in [0.1, 0.15) is 5.82 Å².